The van der Waals surface area contributed by atoms with E-state index in [0.717, 1.165) is 42.4 Å². The van der Waals surface area contributed by atoms with Crippen molar-refractivity contribution < 1.29 is 9.59 Å². The topological polar surface area (TPSA) is 49.4 Å². The van der Waals surface area contributed by atoms with Crippen LogP contribution in [-0.2, 0) is 28.3 Å². The molecule has 3 aromatic rings. The molecule has 1 aliphatic carbocycles. The minimum Gasteiger partial charge on any atom is -0.352 e. The van der Waals surface area contributed by atoms with Gasteiger partial charge in [-0.2, -0.15) is 0 Å². The highest BCUT2D eigenvalue weighted by Gasteiger charge is 2.32. The summed E-state index contributed by atoms with van der Waals surface area (Å²) in [4.78, 5) is 29.3. The molecule has 0 aliphatic heterocycles. The predicted octanol–water partition coefficient (Wildman–Crippen LogP) is 7.32. The van der Waals surface area contributed by atoms with Crippen molar-refractivity contribution in [2.75, 3.05) is 5.75 Å². The van der Waals surface area contributed by atoms with Crippen molar-refractivity contribution in [2.24, 2.45) is 0 Å². The fourth-order valence-corrected chi connectivity index (χ4v) is 6.14. The number of benzene rings is 3. The monoisotopic (exact) mass is 568 g/mol. The van der Waals surface area contributed by atoms with Gasteiger partial charge in [0.2, 0.25) is 11.8 Å². The molecule has 0 aromatic heterocycles. The van der Waals surface area contributed by atoms with E-state index in [4.69, 9.17) is 23.2 Å². The van der Waals surface area contributed by atoms with Crippen LogP contribution in [0.25, 0.3) is 0 Å². The second-order valence-corrected chi connectivity index (χ2v) is 11.6. The third-order valence-electron chi connectivity index (χ3n) is 6.90. The molecule has 2 amide bonds. The van der Waals surface area contributed by atoms with Gasteiger partial charge in [-0.3, -0.25) is 9.59 Å². The molecular weight excluding hydrogens is 535 g/mol. The zero-order chi connectivity index (χ0) is 26.7. The van der Waals surface area contributed by atoms with Crippen LogP contribution < -0.4 is 5.32 Å². The molecule has 7 heteroatoms. The van der Waals surface area contributed by atoms with Gasteiger partial charge in [-0.15, -0.1) is 11.8 Å². The first-order valence-corrected chi connectivity index (χ1v) is 15.1. The van der Waals surface area contributed by atoms with E-state index in [2.05, 4.69) is 5.32 Å². The predicted molar refractivity (Wildman–Crippen MR) is 159 cm³/mol. The van der Waals surface area contributed by atoms with E-state index in [1.165, 1.54) is 18.2 Å². The Balaban J connectivity index is 1.57. The average molecular weight is 570 g/mol. The van der Waals surface area contributed by atoms with Crippen LogP contribution in [-0.4, -0.2) is 34.6 Å². The average Bonchev–Trinajstić information content (AvgIpc) is 2.92. The molecule has 1 N–H and O–H groups in total. The molecular formula is C31H34Cl2N2O2S. The summed E-state index contributed by atoms with van der Waals surface area (Å²) in [5.74, 6) is 0.723. The first-order valence-electron chi connectivity index (χ1n) is 13.2. The van der Waals surface area contributed by atoms with Crippen LogP contribution in [0.3, 0.4) is 0 Å². The Morgan fingerprint density at radius 1 is 0.895 bits per heavy atom. The normalized spacial score (nSPS) is 14.6. The largest absolute Gasteiger partial charge is 0.352 e. The van der Waals surface area contributed by atoms with E-state index < -0.39 is 6.04 Å². The summed E-state index contributed by atoms with van der Waals surface area (Å²) >= 11 is 14.2. The molecule has 0 bridgehead atoms. The zero-order valence-corrected chi connectivity index (χ0v) is 23.8. The van der Waals surface area contributed by atoms with Gasteiger partial charge in [-0.1, -0.05) is 103 Å². The van der Waals surface area contributed by atoms with Gasteiger partial charge in [0, 0.05) is 34.8 Å². The molecule has 200 valence electrons. The number of rotatable bonds is 11. The van der Waals surface area contributed by atoms with Crippen molar-refractivity contribution in [3.63, 3.8) is 0 Å². The Bertz CT molecular complexity index is 1200. The maximum atomic E-state index is 13.8. The Morgan fingerprint density at radius 3 is 2.34 bits per heavy atom. The molecule has 1 fully saturated rings. The molecule has 4 rings (SSSR count). The lowest BCUT2D eigenvalue weighted by Crippen LogP contribution is -2.53. The molecule has 38 heavy (non-hydrogen) atoms. The first kappa shape index (κ1) is 28.5. The standard InChI is InChI=1S/C31H34Cl2N2O2S/c32-26-14-9-12-24(18-26)21-38-22-30(36)35(20-25-13-7-8-17-28(25)33)29(19-23-10-3-1-4-11-23)31(37)34-27-15-5-2-6-16-27/h1,3-4,7-14,17-18,27,29H,2,5-6,15-16,19-22H2,(H,34,37)/t29-/m0/s1. The van der Waals surface area contributed by atoms with Crippen molar-refractivity contribution in [3.05, 3.63) is 106 Å². The number of hydrogen-bond acceptors (Lipinski definition) is 3. The lowest BCUT2D eigenvalue weighted by atomic mass is 9.94. The SMILES string of the molecule is O=C(NC1CCCCC1)[C@H](Cc1ccccc1)N(Cc1ccccc1Cl)C(=O)CSCc1cccc(Cl)c1. The van der Waals surface area contributed by atoms with Crippen LogP contribution in [0.1, 0.15) is 48.8 Å². The summed E-state index contributed by atoms with van der Waals surface area (Å²) in [7, 11) is 0. The van der Waals surface area contributed by atoms with Gasteiger partial charge in [0.15, 0.2) is 0 Å². The number of carbonyl (C=O) groups excluding carboxylic acids is 2. The summed E-state index contributed by atoms with van der Waals surface area (Å²) in [5.41, 5.74) is 2.90. The van der Waals surface area contributed by atoms with Crippen LogP contribution >= 0.6 is 35.0 Å². The maximum absolute atomic E-state index is 13.8. The van der Waals surface area contributed by atoms with Crippen molar-refractivity contribution in [1.29, 1.82) is 0 Å². The van der Waals surface area contributed by atoms with E-state index in [0.29, 0.717) is 22.2 Å². The number of thioether (sulfide) groups is 1. The summed E-state index contributed by atoms with van der Waals surface area (Å²) in [5, 5.41) is 4.54. The van der Waals surface area contributed by atoms with Crippen molar-refractivity contribution >= 4 is 46.8 Å². The van der Waals surface area contributed by atoms with Gasteiger partial charge in [0.25, 0.3) is 0 Å². The highest BCUT2D eigenvalue weighted by atomic mass is 35.5. The highest BCUT2D eigenvalue weighted by molar-refractivity contribution is 7.99. The molecule has 0 radical (unpaired) electrons. The van der Waals surface area contributed by atoms with Crippen molar-refractivity contribution in [2.45, 2.75) is 62.9 Å². The maximum Gasteiger partial charge on any atom is 0.243 e. The Hall–Kier alpha value is -2.47. The molecule has 0 unspecified atom stereocenters. The number of amides is 2. The van der Waals surface area contributed by atoms with E-state index in [-0.39, 0.29) is 30.2 Å². The summed E-state index contributed by atoms with van der Waals surface area (Å²) < 4.78 is 0. The lowest BCUT2D eigenvalue weighted by Gasteiger charge is -2.33. The van der Waals surface area contributed by atoms with Gasteiger partial charge in [0.1, 0.15) is 6.04 Å². The second-order valence-electron chi connectivity index (χ2n) is 9.78. The quantitative estimate of drug-likeness (QED) is 0.263. The van der Waals surface area contributed by atoms with Crippen LogP contribution in [0.4, 0.5) is 0 Å². The number of hydrogen-bond donors (Lipinski definition) is 1. The van der Waals surface area contributed by atoms with E-state index in [1.54, 1.807) is 4.90 Å². The molecule has 1 atom stereocenters. The molecule has 0 saturated heterocycles. The van der Waals surface area contributed by atoms with Crippen LogP contribution in [0.5, 0.6) is 0 Å². The Labute approximate surface area is 240 Å². The summed E-state index contributed by atoms with van der Waals surface area (Å²) in [6, 6.07) is 24.6. The third kappa shape index (κ3) is 8.52. The van der Waals surface area contributed by atoms with Crippen molar-refractivity contribution in [1.82, 2.24) is 10.2 Å². The molecule has 0 heterocycles. The van der Waals surface area contributed by atoms with Crippen LogP contribution in [0.15, 0.2) is 78.9 Å². The Kier molecular flexibility index (Phi) is 11.0. The molecule has 0 spiro atoms. The zero-order valence-electron chi connectivity index (χ0n) is 21.5. The minimum absolute atomic E-state index is 0.0864. The second kappa shape index (κ2) is 14.6. The highest BCUT2D eigenvalue weighted by Crippen LogP contribution is 2.24. The fourth-order valence-electron chi connectivity index (χ4n) is 4.87. The minimum atomic E-state index is -0.644. The van der Waals surface area contributed by atoms with Crippen molar-refractivity contribution in [3.8, 4) is 0 Å². The van der Waals surface area contributed by atoms with Gasteiger partial charge in [-0.25, -0.2) is 0 Å². The van der Waals surface area contributed by atoms with Gasteiger partial charge >= 0.3 is 0 Å². The third-order valence-corrected chi connectivity index (χ3v) is 8.50. The number of halogens is 2. The van der Waals surface area contributed by atoms with Gasteiger partial charge < -0.3 is 10.2 Å². The number of carbonyl (C=O) groups is 2. The molecule has 1 saturated carbocycles. The van der Waals surface area contributed by atoms with Gasteiger partial charge in [-0.05, 0) is 47.7 Å². The van der Waals surface area contributed by atoms with Crippen LogP contribution in [0, 0.1) is 0 Å². The first-order chi connectivity index (χ1) is 18.5. The lowest BCUT2D eigenvalue weighted by molar-refractivity contribution is -0.139. The fraction of sp³-hybridized carbons (Fsp3) is 0.355. The summed E-state index contributed by atoms with van der Waals surface area (Å²) in [6.45, 7) is 0.270. The number of nitrogens with zero attached hydrogens (tertiary/aromatic N) is 1. The van der Waals surface area contributed by atoms with Gasteiger partial charge in [0.05, 0.1) is 5.75 Å². The van der Waals surface area contributed by atoms with Crippen LogP contribution in [0.2, 0.25) is 10.0 Å². The Morgan fingerprint density at radius 2 is 1.61 bits per heavy atom. The van der Waals surface area contributed by atoms with E-state index in [9.17, 15) is 9.59 Å². The molecule has 3 aromatic carbocycles. The number of nitrogens with one attached hydrogen (secondary N) is 1. The smallest absolute Gasteiger partial charge is 0.243 e. The van der Waals surface area contributed by atoms with E-state index >= 15 is 0 Å². The van der Waals surface area contributed by atoms with E-state index in [1.807, 2.05) is 78.9 Å². The molecule has 4 nitrogen and oxygen atoms in total. The summed E-state index contributed by atoms with van der Waals surface area (Å²) in [6.07, 6.45) is 5.86. The molecule has 1 aliphatic rings.